The average Bonchev–Trinajstić information content (AvgIpc) is 3.53. The first kappa shape index (κ1) is 21.4. The largest absolute Gasteiger partial charge is 0.503 e. The highest BCUT2D eigenvalue weighted by molar-refractivity contribution is 9.10. The monoisotopic (exact) mass is 524 g/mol. The van der Waals surface area contributed by atoms with E-state index < -0.39 is 23.5 Å². The number of ether oxygens (including phenoxy) is 1. The van der Waals surface area contributed by atoms with Gasteiger partial charge in [0.2, 0.25) is 5.78 Å². The van der Waals surface area contributed by atoms with Gasteiger partial charge in [-0.05, 0) is 55.0 Å². The van der Waals surface area contributed by atoms with Crippen molar-refractivity contribution in [1.82, 2.24) is 4.98 Å². The van der Waals surface area contributed by atoms with E-state index in [0.29, 0.717) is 28.6 Å². The van der Waals surface area contributed by atoms with Crippen LogP contribution >= 0.6 is 27.3 Å². The second-order valence-electron chi connectivity index (χ2n) is 7.26. The van der Waals surface area contributed by atoms with Crippen molar-refractivity contribution in [2.45, 2.75) is 13.0 Å². The SMILES string of the molecule is CCOc1ccc2nc(N3C(=O)C(O)=C(C(=O)c4ccco4)[C@@H]3c3ccc(Br)cc3)sc2c1. The fourth-order valence-corrected chi connectivity index (χ4v) is 5.07. The molecule has 0 radical (unpaired) electrons. The van der Waals surface area contributed by atoms with Gasteiger partial charge in [-0.1, -0.05) is 39.4 Å². The molecule has 7 nitrogen and oxygen atoms in total. The summed E-state index contributed by atoms with van der Waals surface area (Å²) in [5, 5.41) is 11.2. The summed E-state index contributed by atoms with van der Waals surface area (Å²) in [5.41, 5.74) is 1.29. The number of ketones is 1. The topological polar surface area (TPSA) is 92.9 Å². The molecule has 4 aromatic rings. The third-order valence-electron chi connectivity index (χ3n) is 5.25. The first-order valence-corrected chi connectivity index (χ1v) is 11.7. The summed E-state index contributed by atoms with van der Waals surface area (Å²) in [6.45, 7) is 2.43. The van der Waals surface area contributed by atoms with Gasteiger partial charge in [0.15, 0.2) is 16.7 Å². The number of halogens is 1. The molecular weight excluding hydrogens is 508 g/mol. The van der Waals surface area contributed by atoms with Crippen molar-refractivity contribution in [2.75, 3.05) is 11.5 Å². The Morgan fingerprint density at radius 2 is 2.03 bits per heavy atom. The Bertz CT molecular complexity index is 1390. The zero-order valence-electron chi connectivity index (χ0n) is 17.3. The Labute approximate surface area is 201 Å². The average molecular weight is 525 g/mol. The Hall–Kier alpha value is -3.43. The molecule has 2 aromatic heterocycles. The van der Waals surface area contributed by atoms with Gasteiger partial charge in [-0.2, -0.15) is 0 Å². The zero-order chi connectivity index (χ0) is 23.1. The molecule has 0 bridgehead atoms. The molecule has 5 rings (SSSR count). The summed E-state index contributed by atoms with van der Waals surface area (Å²) in [6.07, 6.45) is 1.37. The van der Waals surface area contributed by atoms with Crippen LogP contribution in [0.2, 0.25) is 0 Å². The maximum absolute atomic E-state index is 13.3. The van der Waals surface area contributed by atoms with E-state index in [-0.39, 0.29) is 11.3 Å². The van der Waals surface area contributed by atoms with Gasteiger partial charge in [0.25, 0.3) is 5.91 Å². The van der Waals surface area contributed by atoms with Crippen LogP contribution in [0.15, 0.2) is 81.1 Å². The van der Waals surface area contributed by atoms with E-state index in [1.54, 1.807) is 18.2 Å². The van der Waals surface area contributed by atoms with Gasteiger partial charge >= 0.3 is 0 Å². The number of benzene rings is 2. The van der Waals surface area contributed by atoms with Crippen molar-refractivity contribution in [2.24, 2.45) is 0 Å². The van der Waals surface area contributed by atoms with Crippen molar-refractivity contribution < 1.29 is 23.8 Å². The smallest absolute Gasteiger partial charge is 0.296 e. The lowest BCUT2D eigenvalue weighted by Crippen LogP contribution is -2.30. The van der Waals surface area contributed by atoms with Gasteiger partial charge < -0.3 is 14.3 Å². The molecule has 1 N–H and O–H groups in total. The van der Waals surface area contributed by atoms with E-state index in [2.05, 4.69) is 20.9 Å². The van der Waals surface area contributed by atoms with Gasteiger partial charge in [0.05, 0.1) is 34.7 Å². The minimum Gasteiger partial charge on any atom is -0.503 e. The summed E-state index contributed by atoms with van der Waals surface area (Å²) in [7, 11) is 0. The van der Waals surface area contributed by atoms with E-state index in [0.717, 1.165) is 9.17 Å². The third-order valence-corrected chi connectivity index (χ3v) is 6.80. The number of aromatic nitrogens is 1. The molecule has 1 amide bonds. The number of thiazole rings is 1. The number of hydrogen-bond acceptors (Lipinski definition) is 7. The van der Waals surface area contributed by atoms with Gasteiger partial charge in [0, 0.05) is 4.47 Å². The number of carbonyl (C=O) groups is 2. The number of amides is 1. The van der Waals surface area contributed by atoms with Crippen LogP contribution in [0.5, 0.6) is 5.75 Å². The van der Waals surface area contributed by atoms with E-state index in [1.165, 1.54) is 28.6 Å². The van der Waals surface area contributed by atoms with Crippen molar-refractivity contribution >= 4 is 54.3 Å². The molecule has 166 valence electrons. The molecule has 0 aliphatic carbocycles. The van der Waals surface area contributed by atoms with Crippen LogP contribution in [0.25, 0.3) is 10.2 Å². The van der Waals surface area contributed by atoms with E-state index in [9.17, 15) is 14.7 Å². The van der Waals surface area contributed by atoms with Crippen LogP contribution in [0, 0.1) is 0 Å². The second-order valence-corrected chi connectivity index (χ2v) is 9.18. The van der Waals surface area contributed by atoms with Crippen molar-refractivity contribution in [3.8, 4) is 5.75 Å². The zero-order valence-corrected chi connectivity index (χ0v) is 19.7. The molecule has 0 fully saturated rings. The van der Waals surface area contributed by atoms with Gasteiger partial charge in [-0.3, -0.25) is 14.5 Å². The number of Topliss-reactive ketones (excluding diaryl/α,β-unsaturated/α-hetero) is 1. The number of fused-ring (bicyclic) bond motifs is 1. The Morgan fingerprint density at radius 1 is 1.24 bits per heavy atom. The highest BCUT2D eigenvalue weighted by Gasteiger charge is 2.46. The number of hydrogen-bond donors (Lipinski definition) is 1. The van der Waals surface area contributed by atoms with Gasteiger partial charge in [0.1, 0.15) is 5.75 Å². The van der Waals surface area contributed by atoms with Crippen molar-refractivity contribution in [1.29, 1.82) is 0 Å². The van der Waals surface area contributed by atoms with Crippen LogP contribution in [0.1, 0.15) is 29.1 Å². The highest BCUT2D eigenvalue weighted by Crippen LogP contribution is 2.44. The number of furan rings is 1. The number of aliphatic hydroxyl groups excluding tert-OH is 1. The second kappa shape index (κ2) is 8.49. The number of carbonyl (C=O) groups excluding carboxylic acids is 2. The number of nitrogens with zero attached hydrogens (tertiary/aromatic N) is 2. The van der Waals surface area contributed by atoms with Crippen LogP contribution in [-0.2, 0) is 4.79 Å². The molecule has 0 saturated heterocycles. The number of aliphatic hydroxyl groups is 1. The fourth-order valence-electron chi connectivity index (χ4n) is 3.79. The number of rotatable bonds is 6. The number of anilines is 1. The molecular formula is C24H17BrN2O5S. The van der Waals surface area contributed by atoms with E-state index >= 15 is 0 Å². The maximum Gasteiger partial charge on any atom is 0.296 e. The van der Waals surface area contributed by atoms with Crippen LogP contribution in [-0.4, -0.2) is 28.4 Å². The first-order chi connectivity index (χ1) is 16.0. The summed E-state index contributed by atoms with van der Waals surface area (Å²) < 4.78 is 12.5. The standard InChI is InChI=1S/C24H17BrN2O5S/c1-2-31-15-9-10-16-18(12-15)33-24(26-16)27-20(13-5-7-14(25)8-6-13)19(22(29)23(27)30)21(28)17-4-3-11-32-17/h3-12,20,29H,2H2,1H3/t20-/m0/s1. The van der Waals surface area contributed by atoms with Gasteiger partial charge in [-0.15, -0.1) is 0 Å². The summed E-state index contributed by atoms with van der Waals surface area (Å²) >= 11 is 4.70. The summed E-state index contributed by atoms with van der Waals surface area (Å²) in [6, 6.07) is 14.9. The van der Waals surface area contributed by atoms with E-state index in [1.807, 2.05) is 37.3 Å². The predicted octanol–water partition coefficient (Wildman–Crippen LogP) is 5.83. The molecule has 33 heavy (non-hydrogen) atoms. The lowest BCUT2D eigenvalue weighted by Gasteiger charge is -2.24. The molecule has 1 atom stereocenters. The van der Waals surface area contributed by atoms with Crippen LogP contribution in [0.4, 0.5) is 5.13 Å². The Kier molecular flexibility index (Phi) is 5.51. The van der Waals surface area contributed by atoms with E-state index in [4.69, 9.17) is 9.15 Å². The summed E-state index contributed by atoms with van der Waals surface area (Å²) in [5.74, 6) is -1.12. The minimum atomic E-state index is -0.866. The van der Waals surface area contributed by atoms with Crippen molar-refractivity contribution in [3.05, 3.63) is 88.0 Å². The molecule has 3 heterocycles. The molecule has 2 aromatic carbocycles. The molecule has 0 saturated carbocycles. The highest BCUT2D eigenvalue weighted by atomic mass is 79.9. The minimum absolute atomic E-state index is 0.0407. The van der Waals surface area contributed by atoms with Crippen molar-refractivity contribution in [3.63, 3.8) is 0 Å². The Morgan fingerprint density at radius 3 is 2.73 bits per heavy atom. The first-order valence-electron chi connectivity index (χ1n) is 10.1. The molecule has 0 spiro atoms. The van der Waals surface area contributed by atoms with Crippen LogP contribution < -0.4 is 9.64 Å². The van der Waals surface area contributed by atoms with Crippen LogP contribution in [0.3, 0.4) is 0 Å². The maximum atomic E-state index is 13.3. The fraction of sp³-hybridized carbons (Fsp3) is 0.125. The third kappa shape index (κ3) is 3.73. The predicted molar refractivity (Wildman–Crippen MR) is 128 cm³/mol. The Balaban J connectivity index is 1.64. The summed E-state index contributed by atoms with van der Waals surface area (Å²) in [4.78, 5) is 32.5. The normalized spacial score (nSPS) is 16.1. The lowest BCUT2D eigenvalue weighted by molar-refractivity contribution is -0.117. The molecule has 1 aliphatic heterocycles. The molecule has 9 heteroatoms. The lowest BCUT2D eigenvalue weighted by atomic mass is 9.95. The molecule has 0 unspecified atom stereocenters. The quantitative estimate of drug-likeness (QED) is 0.319. The van der Waals surface area contributed by atoms with Gasteiger partial charge in [-0.25, -0.2) is 4.98 Å². The molecule has 1 aliphatic rings.